The van der Waals surface area contributed by atoms with E-state index in [4.69, 9.17) is 17.3 Å². The van der Waals surface area contributed by atoms with Crippen LogP contribution in [-0.4, -0.2) is 22.1 Å². The highest BCUT2D eigenvalue weighted by Gasteiger charge is 2.37. The van der Waals surface area contributed by atoms with E-state index in [9.17, 15) is 0 Å². The Kier molecular flexibility index (Phi) is 2.09. The summed E-state index contributed by atoms with van der Waals surface area (Å²) in [6.45, 7) is 0.750. The molecule has 1 aliphatic rings. The van der Waals surface area contributed by atoms with Crippen molar-refractivity contribution in [2.75, 3.05) is 11.9 Å². The lowest BCUT2D eigenvalue weighted by Crippen LogP contribution is -2.31. The van der Waals surface area contributed by atoms with Crippen molar-refractivity contribution in [3.05, 3.63) is 17.5 Å². The molecule has 1 fully saturated rings. The number of nitrogens with one attached hydrogen (secondary N) is 1. The maximum Gasteiger partial charge on any atom is 0.224 e. The van der Waals surface area contributed by atoms with E-state index in [-0.39, 0.29) is 10.8 Å². The van der Waals surface area contributed by atoms with Gasteiger partial charge in [0.05, 0.1) is 0 Å². The van der Waals surface area contributed by atoms with Crippen LogP contribution < -0.4 is 11.1 Å². The fourth-order valence-electron chi connectivity index (χ4n) is 1.04. The summed E-state index contributed by atoms with van der Waals surface area (Å²) >= 11 is 5.62. The molecule has 0 amide bonds. The van der Waals surface area contributed by atoms with Crippen molar-refractivity contribution < 1.29 is 0 Å². The van der Waals surface area contributed by atoms with Crippen LogP contribution in [0.5, 0.6) is 0 Å². The molecule has 5 heteroatoms. The fourth-order valence-corrected chi connectivity index (χ4v) is 1.18. The second-order valence-electron chi connectivity index (χ2n) is 3.43. The average molecular weight is 199 g/mol. The van der Waals surface area contributed by atoms with Crippen LogP contribution in [-0.2, 0) is 0 Å². The molecule has 1 saturated carbocycles. The topological polar surface area (TPSA) is 63.8 Å². The van der Waals surface area contributed by atoms with E-state index in [2.05, 4.69) is 15.3 Å². The van der Waals surface area contributed by atoms with E-state index in [0.717, 1.165) is 25.2 Å². The van der Waals surface area contributed by atoms with Gasteiger partial charge in [0.2, 0.25) is 5.28 Å². The Morgan fingerprint density at radius 3 is 3.00 bits per heavy atom. The van der Waals surface area contributed by atoms with E-state index in [1.807, 2.05) is 0 Å². The summed E-state index contributed by atoms with van der Waals surface area (Å²) in [6.07, 6.45) is 3.78. The largest absolute Gasteiger partial charge is 0.368 e. The van der Waals surface area contributed by atoms with Gasteiger partial charge in [-0.2, -0.15) is 0 Å². The zero-order valence-electron chi connectivity index (χ0n) is 7.13. The normalized spacial score (nSPS) is 18.3. The molecule has 0 aliphatic heterocycles. The van der Waals surface area contributed by atoms with Crippen LogP contribution in [0.25, 0.3) is 0 Å². The number of anilines is 1. The summed E-state index contributed by atoms with van der Waals surface area (Å²) in [7, 11) is 0. The molecule has 3 N–H and O–H groups in total. The first kappa shape index (κ1) is 8.72. The Hall–Kier alpha value is -0.870. The second-order valence-corrected chi connectivity index (χ2v) is 3.76. The van der Waals surface area contributed by atoms with Crippen LogP contribution >= 0.6 is 11.6 Å². The molecule has 0 atom stereocenters. The van der Waals surface area contributed by atoms with Crippen LogP contribution in [0.15, 0.2) is 12.3 Å². The predicted molar refractivity (Wildman–Crippen MR) is 51.7 cm³/mol. The zero-order chi connectivity index (χ0) is 9.31. The summed E-state index contributed by atoms with van der Waals surface area (Å²) in [6, 6.07) is 1.78. The number of hydrogen-bond acceptors (Lipinski definition) is 4. The van der Waals surface area contributed by atoms with Crippen LogP contribution in [0.1, 0.15) is 12.8 Å². The minimum atomic E-state index is -0.0164. The van der Waals surface area contributed by atoms with Gasteiger partial charge in [0, 0.05) is 18.3 Å². The molecule has 4 nitrogen and oxygen atoms in total. The third kappa shape index (κ3) is 2.29. The number of nitrogens with two attached hydrogens (primary N) is 1. The Morgan fingerprint density at radius 2 is 2.38 bits per heavy atom. The lowest BCUT2D eigenvalue weighted by atomic mass is 10.3. The van der Waals surface area contributed by atoms with Crippen LogP contribution in [0, 0.1) is 0 Å². The first-order valence-corrected chi connectivity index (χ1v) is 4.57. The van der Waals surface area contributed by atoms with Gasteiger partial charge in [0.25, 0.3) is 0 Å². The van der Waals surface area contributed by atoms with Crippen molar-refractivity contribution in [2.24, 2.45) is 5.73 Å². The Bertz CT molecular complexity index is 311. The maximum atomic E-state index is 5.89. The lowest BCUT2D eigenvalue weighted by molar-refractivity contribution is 0.711. The number of nitrogens with zero attached hydrogens (tertiary/aromatic N) is 2. The summed E-state index contributed by atoms with van der Waals surface area (Å²) < 4.78 is 0. The van der Waals surface area contributed by atoms with E-state index in [0.29, 0.717) is 0 Å². The molecule has 1 heterocycles. The minimum Gasteiger partial charge on any atom is -0.368 e. The van der Waals surface area contributed by atoms with E-state index < -0.39 is 0 Å². The first-order valence-electron chi connectivity index (χ1n) is 4.19. The van der Waals surface area contributed by atoms with Gasteiger partial charge >= 0.3 is 0 Å². The van der Waals surface area contributed by atoms with Crippen LogP contribution in [0.3, 0.4) is 0 Å². The fraction of sp³-hybridized carbons (Fsp3) is 0.500. The van der Waals surface area contributed by atoms with E-state index in [1.54, 1.807) is 12.3 Å². The summed E-state index contributed by atoms with van der Waals surface area (Å²) in [5.41, 5.74) is 5.88. The molecule has 1 aromatic heterocycles. The average Bonchev–Trinajstić information content (AvgIpc) is 2.82. The number of halogens is 1. The highest BCUT2D eigenvalue weighted by atomic mass is 35.5. The maximum absolute atomic E-state index is 5.89. The van der Waals surface area contributed by atoms with Gasteiger partial charge in [-0.05, 0) is 30.5 Å². The molecule has 0 aromatic carbocycles. The van der Waals surface area contributed by atoms with Crippen LogP contribution in [0.2, 0.25) is 5.28 Å². The van der Waals surface area contributed by atoms with Gasteiger partial charge in [-0.1, -0.05) is 0 Å². The summed E-state index contributed by atoms with van der Waals surface area (Å²) in [5, 5.41) is 3.38. The molecule has 0 saturated heterocycles. The summed E-state index contributed by atoms with van der Waals surface area (Å²) in [4.78, 5) is 7.77. The molecule has 70 valence electrons. The highest BCUT2D eigenvalue weighted by molar-refractivity contribution is 6.28. The van der Waals surface area contributed by atoms with Crippen molar-refractivity contribution in [1.29, 1.82) is 0 Å². The van der Waals surface area contributed by atoms with Crippen molar-refractivity contribution in [2.45, 2.75) is 18.4 Å². The third-order valence-corrected chi connectivity index (χ3v) is 2.32. The molecule has 0 unspecified atom stereocenters. The van der Waals surface area contributed by atoms with Gasteiger partial charge in [-0.15, -0.1) is 0 Å². The smallest absolute Gasteiger partial charge is 0.224 e. The molecule has 1 aliphatic carbocycles. The predicted octanol–water partition coefficient (Wildman–Crippen LogP) is 1.03. The number of rotatable bonds is 3. The highest BCUT2D eigenvalue weighted by Crippen LogP contribution is 2.31. The lowest BCUT2D eigenvalue weighted by Gasteiger charge is -2.10. The minimum absolute atomic E-state index is 0.0164. The van der Waals surface area contributed by atoms with Gasteiger partial charge in [0.1, 0.15) is 5.82 Å². The van der Waals surface area contributed by atoms with E-state index in [1.165, 1.54) is 0 Å². The van der Waals surface area contributed by atoms with Crippen molar-refractivity contribution in [3.63, 3.8) is 0 Å². The van der Waals surface area contributed by atoms with Gasteiger partial charge in [0.15, 0.2) is 0 Å². The Balaban J connectivity index is 1.94. The van der Waals surface area contributed by atoms with Crippen molar-refractivity contribution >= 4 is 17.4 Å². The van der Waals surface area contributed by atoms with Gasteiger partial charge < -0.3 is 11.1 Å². The van der Waals surface area contributed by atoms with Crippen LogP contribution in [0.4, 0.5) is 5.82 Å². The molecule has 1 aromatic rings. The SMILES string of the molecule is NC1(CNc2ccnc(Cl)n2)CC1. The summed E-state index contributed by atoms with van der Waals surface area (Å²) in [5.74, 6) is 0.733. The molecule has 13 heavy (non-hydrogen) atoms. The molecule has 0 radical (unpaired) electrons. The Labute approximate surface area is 81.5 Å². The standard InChI is InChI=1S/C8H11ClN4/c9-7-11-4-1-6(13-7)12-5-8(10)2-3-8/h1,4H,2-3,5,10H2,(H,11,12,13). The molecular weight excluding hydrogens is 188 g/mol. The molecule has 0 spiro atoms. The first-order chi connectivity index (χ1) is 6.18. The number of aromatic nitrogens is 2. The van der Waals surface area contributed by atoms with Gasteiger partial charge in [-0.25, -0.2) is 9.97 Å². The monoisotopic (exact) mass is 198 g/mol. The zero-order valence-corrected chi connectivity index (χ0v) is 7.88. The van der Waals surface area contributed by atoms with Crippen molar-refractivity contribution in [1.82, 2.24) is 9.97 Å². The number of hydrogen-bond donors (Lipinski definition) is 2. The molecule has 2 rings (SSSR count). The molecule has 0 bridgehead atoms. The second kappa shape index (κ2) is 3.12. The third-order valence-electron chi connectivity index (χ3n) is 2.14. The Morgan fingerprint density at radius 1 is 1.62 bits per heavy atom. The van der Waals surface area contributed by atoms with Crippen molar-refractivity contribution in [3.8, 4) is 0 Å². The van der Waals surface area contributed by atoms with Gasteiger partial charge in [-0.3, -0.25) is 0 Å². The quantitative estimate of drug-likeness (QED) is 0.713. The van der Waals surface area contributed by atoms with E-state index >= 15 is 0 Å². The molecular formula is C8H11ClN4.